The number of hydrogen-bond acceptors (Lipinski definition) is 5. The summed E-state index contributed by atoms with van der Waals surface area (Å²) in [4.78, 5) is 8.54. The molecule has 1 N–H and O–H groups in total. The molecule has 0 spiro atoms. The summed E-state index contributed by atoms with van der Waals surface area (Å²) in [6.45, 7) is 1.86. The Bertz CT molecular complexity index is 1090. The van der Waals surface area contributed by atoms with Crippen LogP contribution in [0.4, 0.5) is 15.9 Å². The second-order valence-electron chi connectivity index (χ2n) is 5.47. The number of aromatic nitrogens is 6. The van der Waals surface area contributed by atoms with Crippen LogP contribution in [0.25, 0.3) is 16.7 Å². The lowest BCUT2D eigenvalue weighted by Gasteiger charge is -2.08. The first-order valence-electron chi connectivity index (χ1n) is 7.46. The summed E-state index contributed by atoms with van der Waals surface area (Å²) in [7, 11) is 1.81. The number of nitrogens with one attached hydrogen (secondary N) is 1. The summed E-state index contributed by atoms with van der Waals surface area (Å²) < 4.78 is 17.9. The number of aryl methyl sites for hydroxylation is 1. The van der Waals surface area contributed by atoms with Gasteiger partial charge < -0.3 is 5.32 Å². The van der Waals surface area contributed by atoms with Crippen LogP contribution < -0.4 is 5.32 Å². The first-order valence-corrected chi connectivity index (χ1v) is 8.25. The summed E-state index contributed by atoms with van der Waals surface area (Å²) in [5, 5.41) is 12.6. The third kappa shape index (κ3) is 2.56. The molecule has 3 aromatic heterocycles. The second kappa shape index (κ2) is 5.92. The Morgan fingerprint density at radius 2 is 2.00 bits per heavy atom. The van der Waals surface area contributed by atoms with Gasteiger partial charge in [0.15, 0.2) is 5.65 Å². The average molecular weight is 402 g/mol. The normalized spacial score (nSPS) is 11.2. The first kappa shape index (κ1) is 15.7. The lowest BCUT2D eigenvalue weighted by molar-refractivity contribution is 0.608. The molecule has 126 valence electrons. The summed E-state index contributed by atoms with van der Waals surface area (Å²) >= 11 is 3.43. The van der Waals surface area contributed by atoms with Gasteiger partial charge in [0, 0.05) is 7.05 Å². The minimum Gasteiger partial charge on any atom is -0.337 e. The molecule has 0 unspecified atom stereocenters. The Morgan fingerprint density at radius 3 is 2.80 bits per heavy atom. The zero-order valence-electron chi connectivity index (χ0n) is 13.4. The smallest absolute Gasteiger partial charge is 0.164 e. The fourth-order valence-corrected chi connectivity index (χ4v) is 3.26. The number of nitrogens with zero attached hydrogens (tertiary/aromatic N) is 6. The molecule has 4 rings (SSSR count). The molecule has 7 nitrogen and oxygen atoms in total. The predicted octanol–water partition coefficient (Wildman–Crippen LogP) is 3.50. The zero-order valence-corrected chi connectivity index (χ0v) is 15.0. The molecule has 0 aliphatic rings. The van der Waals surface area contributed by atoms with Crippen molar-refractivity contribution >= 4 is 38.5 Å². The Kier molecular flexibility index (Phi) is 3.72. The Hall–Kier alpha value is -2.81. The number of anilines is 2. The molecule has 0 saturated heterocycles. The SMILES string of the molecule is Cc1c(Nc2ncnc3c2c(Br)nn3C)cnn1-c1ccccc1F. The van der Waals surface area contributed by atoms with Gasteiger partial charge >= 0.3 is 0 Å². The van der Waals surface area contributed by atoms with Crippen molar-refractivity contribution in [1.82, 2.24) is 29.5 Å². The van der Waals surface area contributed by atoms with Crippen LogP contribution in [0.3, 0.4) is 0 Å². The number of fused-ring (bicyclic) bond motifs is 1. The zero-order chi connectivity index (χ0) is 17.6. The number of rotatable bonds is 3. The van der Waals surface area contributed by atoms with Gasteiger partial charge in [-0.25, -0.2) is 23.7 Å². The number of hydrogen-bond donors (Lipinski definition) is 1. The lowest BCUT2D eigenvalue weighted by Crippen LogP contribution is -2.03. The molecule has 0 aliphatic heterocycles. The van der Waals surface area contributed by atoms with Crippen molar-refractivity contribution in [1.29, 1.82) is 0 Å². The highest BCUT2D eigenvalue weighted by atomic mass is 79.9. The van der Waals surface area contributed by atoms with Crippen molar-refractivity contribution in [3.8, 4) is 5.69 Å². The minimum absolute atomic E-state index is 0.334. The fourth-order valence-electron chi connectivity index (χ4n) is 2.66. The number of benzene rings is 1. The monoisotopic (exact) mass is 401 g/mol. The van der Waals surface area contributed by atoms with E-state index >= 15 is 0 Å². The first-order chi connectivity index (χ1) is 12.1. The third-order valence-electron chi connectivity index (χ3n) is 3.92. The molecule has 4 aromatic rings. The maximum absolute atomic E-state index is 14.0. The highest BCUT2D eigenvalue weighted by molar-refractivity contribution is 9.10. The summed E-state index contributed by atoms with van der Waals surface area (Å²) in [6.07, 6.45) is 3.11. The van der Waals surface area contributed by atoms with Crippen molar-refractivity contribution in [3.05, 3.63) is 52.9 Å². The van der Waals surface area contributed by atoms with Crippen LogP contribution in [0.15, 0.2) is 41.4 Å². The Morgan fingerprint density at radius 1 is 1.20 bits per heavy atom. The molecule has 0 atom stereocenters. The maximum Gasteiger partial charge on any atom is 0.164 e. The molecule has 0 radical (unpaired) electrons. The molecule has 3 heterocycles. The molecule has 9 heteroatoms. The Balaban J connectivity index is 1.78. The van der Waals surface area contributed by atoms with Crippen LogP contribution in [-0.4, -0.2) is 29.5 Å². The molecule has 0 aliphatic carbocycles. The summed E-state index contributed by atoms with van der Waals surface area (Å²) in [6, 6.07) is 6.51. The van der Waals surface area contributed by atoms with Crippen LogP contribution in [0, 0.1) is 12.7 Å². The highest BCUT2D eigenvalue weighted by Gasteiger charge is 2.16. The summed E-state index contributed by atoms with van der Waals surface area (Å²) in [5.74, 6) is 0.265. The van der Waals surface area contributed by atoms with Crippen LogP contribution in [0.5, 0.6) is 0 Å². The van der Waals surface area contributed by atoms with Crippen LogP contribution in [0.1, 0.15) is 5.69 Å². The van der Waals surface area contributed by atoms with Gasteiger partial charge in [0.2, 0.25) is 0 Å². The second-order valence-corrected chi connectivity index (χ2v) is 6.22. The van der Waals surface area contributed by atoms with Gasteiger partial charge in [0.1, 0.15) is 28.3 Å². The minimum atomic E-state index is -0.334. The van der Waals surface area contributed by atoms with Gasteiger partial charge in [-0.3, -0.25) is 0 Å². The van der Waals surface area contributed by atoms with Crippen LogP contribution in [0.2, 0.25) is 0 Å². The molecule has 25 heavy (non-hydrogen) atoms. The molecule has 0 fully saturated rings. The third-order valence-corrected chi connectivity index (χ3v) is 4.48. The van der Waals surface area contributed by atoms with E-state index in [1.54, 1.807) is 33.8 Å². The van der Waals surface area contributed by atoms with E-state index in [-0.39, 0.29) is 5.82 Å². The molecular formula is C16H13BrFN7. The van der Waals surface area contributed by atoms with Gasteiger partial charge in [0.05, 0.1) is 23.0 Å². The molecule has 0 bridgehead atoms. The number of halogens is 2. The molecule has 1 aromatic carbocycles. The van der Waals surface area contributed by atoms with Crippen LogP contribution in [-0.2, 0) is 7.05 Å². The van der Waals surface area contributed by atoms with E-state index in [2.05, 4.69) is 41.4 Å². The van der Waals surface area contributed by atoms with Crippen molar-refractivity contribution in [2.24, 2.45) is 7.05 Å². The quantitative estimate of drug-likeness (QED) is 0.568. The Labute approximate surface area is 150 Å². The maximum atomic E-state index is 14.0. The van der Waals surface area contributed by atoms with Gasteiger partial charge in [-0.1, -0.05) is 12.1 Å². The van der Waals surface area contributed by atoms with Gasteiger partial charge in [-0.05, 0) is 35.0 Å². The highest BCUT2D eigenvalue weighted by Crippen LogP contribution is 2.30. The molecular weight excluding hydrogens is 389 g/mol. The fraction of sp³-hybridized carbons (Fsp3) is 0.125. The largest absolute Gasteiger partial charge is 0.337 e. The van der Waals surface area contributed by atoms with Gasteiger partial charge in [-0.15, -0.1) is 0 Å². The standard InChI is InChI=1S/C16H13BrFN7/c1-9-11(7-21-25(9)12-6-4-3-5-10(12)18)22-15-13-14(17)23-24(2)16(13)20-8-19-15/h3-8H,1-2H3,(H,19,20,22). The van der Waals surface area contributed by atoms with Gasteiger partial charge in [-0.2, -0.15) is 10.2 Å². The predicted molar refractivity (Wildman–Crippen MR) is 95.5 cm³/mol. The van der Waals surface area contributed by atoms with Crippen molar-refractivity contribution < 1.29 is 4.39 Å². The van der Waals surface area contributed by atoms with E-state index in [0.717, 1.165) is 16.8 Å². The van der Waals surface area contributed by atoms with E-state index in [0.29, 0.717) is 21.8 Å². The van der Waals surface area contributed by atoms with Crippen molar-refractivity contribution in [2.75, 3.05) is 5.32 Å². The topological polar surface area (TPSA) is 73.5 Å². The van der Waals surface area contributed by atoms with Crippen molar-refractivity contribution in [3.63, 3.8) is 0 Å². The summed E-state index contributed by atoms with van der Waals surface area (Å²) in [5.41, 5.74) is 2.57. The number of para-hydroxylation sites is 1. The van der Waals surface area contributed by atoms with E-state index in [1.807, 2.05) is 14.0 Å². The van der Waals surface area contributed by atoms with Gasteiger partial charge in [0.25, 0.3) is 0 Å². The van der Waals surface area contributed by atoms with E-state index < -0.39 is 0 Å². The van der Waals surface area contributed by atoms with Crippen LogP contribution >= 0.6 is 15.9 Å². The molecule has 0 amide bonds. The van der Waals surface area contributed by atoms with E-state index in [9.17, 15) is 4.39 Å². The van der Waals surface area contributed by atoms with E-state index in [1.165, 1.54) is 12.4 Å². The average Bonchev–Trinajstić information content (AvgIpc) is 3.10. The van der Waals surface area contributed by atoms with Crippen molar-refractivity contribution in [2.45, 2.75) is 6.92 Å². The lowest BCUT2D eigenvalue weighted by atomic mass is 10.3. The molecule has 0 saturated carbocycles. The van der Waals surface area contributed by atoms with E-state index in [4.69, 9.17) is 0 Å².